The van der Waals surface area contributed by atoms with Gasteiger partial charge in [0.1, 0.15) is 6.04 Å². The molecule has 0 aliphatic carbocycles. The van der Waals surface area contributed by atoms with Gasteiger partial charge in [0, 0.05) is 6.42 Å². The van der Waals surface area contributed by atoms with Gasteiger partial charge in [-0.3, -0.25) is 4.90 Å². The zero-order valence-corrected chi connectivity index (χ0v) is 9.26. The molecule has 1 saturated heterocycles. The lowest BCUT2D eigenvalue weighted by atomic mass is 10.2. The Bertz CT molecular complexity index is 268. The van der Waals surface area contributed by atoms with E-state index < -0.39 is 24.2 Å². The van der Waals surface area contributed by atoms with E-state index in [1.54, 1.807) is 0 Å². The number of hydrogen-bond donors (Lipinski definition) is 2. The predicted molar refractivity (Wildman–Crippen MR) is 55.0 cm³/mol. The number of aliphatic carboxylic acids is 1. The van der Waals surface area contributed by atoms with Crippen molar-refractivity contribution in [1.82, 2.24) is 4.90 Å². The van der Waals surface area contributed by atoms with Crippen molar-refractivity contribution >= 4 is 12.1 Å². The molecule has 1 amide bonds. The number of hydrogen-bond acceptors (Lipinski definition) is 4. The molecule has 1 aliphatic heterocycles. The van der Waals surface area contributed by atoms with Crippen LogP contribution in [-0.4, -0.2) is 52.5 Å². The lowest BCUT2D eigenvalue weighted by molar-refractivity contribution is -0.141. The molecule has 1 rings (SSSR count). The molecule has 1 fully saturated rings. The molecule has 2 N–H and O–H groups in total. The number of likely N-dealkylation sites (tertiary alicyclic amines) is 1. The van der Waals surface area contributed by atoms with Crippen molar-refractivity contribution in [3.63, 3.8) is 0 Å². The minimum absolute atomic E-state index is 0.0297. The van der Waals surface area contributed by atoms with Crippen molar-refractivity contribution < 1.29 is 24.5 Å². The number of β-amino-alcohol motifs (C(OH)–C–C–N with tert-alkyl or cyclic N) is 1. The van der Waals surface area contributed by atoms with Crippen molar-refractivity contribution in [3.8, 4) is 0 Å². The van der Waals surface area contributed by atoms with Gasteiger partial charge in [-0.2, -0.15) is 0 Å². The average Bonchev–Trinajstić information content (AvgIpc) is 2.61. The summed E-state index contributed by atoms with van der Waals surface area (Å²) in [5.74, 6) is -1.11. The van der Waals surface area contributed by atoms with Gasteiger partial charge in [-0.1, -0.05) is 13.3 Å². The maximum absolute atomic E-state index is 11.5. The Morgan fingerprint density at radius 1 is 1.50 bits per heavy atom. The van der Waals surface area contributed by atoms with Crippen LogP contribution < -0.4 is 0 Å². The third kappa shape index (κ3) is 3.10. The summed E-state index contributed by atoms with van der Waals surface area (Å²) in [7, 11) is 0. The molecule has 0 bridgehead atoms. The van der Waals surface area contributed by atoms with Gasteiger partial charge in [0.25, 0.3) is 0 Å². The Morgan fingerprint density at radius 2 is 2.19 bits per heavy atom. The first-order valence-corrected chi connectivity index (χ1v) is 5.40. The minimum atomic E-state index is -1.11. The molecule has 16 heavy (non-hydrogen) atoms. The van der Waals surface area contributed by atoms with Gasteiger partial charge < -0.3 is 14.9 Å². The molecule has 6 nitrogen and oxygen atoms in total. The van der Waals surface area contributed by atoms with Crippen molar-refractivity contribution in [2.45, 2.75) is 38.3 Å². The lowest BCUT2D eigenvalue weighted by Crippen LogP contribution is -2.41. The molecule has 92 valence electrons. The molecular formula is C10H17NO5. The quantitative estimate of drug-likeness (QED) is 0.686. The van der Waals surface area contributed by atoms with Crippen LogP contribution in [0.15, 0.2) is 0 Å². The summed E-state index contributed by atoms with van der Waals surface area (Å²) in [5, 5.41) is 18.2. The molecule has 0 aromatic carbocycles. The number of carboxylic acids is 1. The van der Waals surface area contributed by atoms with Crippen molar-refractivity contribution in [2.75, 3.05) is 13.2 Å². The van der Waals surface area contributed by atoms with Crippen LogP contribution in [0.3, 0.4) is 0 Å². The van der Waals surface area contributed by atoms with E-state index in [0.29, 0.717) is 0 Å². The van der Waals surface area contributed by atoms with Gasteiger partial charge >= 0.3 is 12.1 Å². The van der Waals surface area contributed by atoms with Crippen LogP contribution >= 0.6 is 0 Å². The topological polar surface area (TPSA) is 87.1 Å². The summed E-state index contributed by atoms with van der Waals surface area (Å²) in [6.07, 6.45) is 0.285. The van der Waals surface area contributed by atoms with E-state index in [-0.39, 0.29) is 19.6 Å². The monoisotopic (exact) mass is 231 g/mol. The van der Waals surface area contributed by atoms with E-state index in [4.69, 9.17) is 9.84 Å². The Balaban J connectivity index is 2.50. The molecule has 0 unspecified atom stereocenters. The number of carboxylic acid groups (broad SMARTS) is 1. The first-order valence-electron chi connectivity index (χ1n) is 5.40. The zero-order chi connectivity index (χ0) is 12.1. The van der Waals surface area contributed by atoms with Crippen LogP contribution in [0.25, 0.3) is 0 Å². The molecule has 0 radical (unpaired) electrons. The van der Waals surface area contributed by atoms with Crippen LogP contribution in [0.1, 0.15) is 26.2 Å². The fraction of sp³-hybridized carbons (Fsp3) is 0.800. The Kier molecular flexibility index (Phi) is 4.54. The van der Waals surface area contributed by atoms with E-state index in [1.807, 2.05) is 6.92 Å². The van der Waals surface area contributed by atoms with Gasteiger partial charge in [0.05, 0.1) is 19.3 Å². The van der Waals surface area contributed by atoms with Gasteiger partial charge in [-0.15, -0.1) is 0 Å². The second-order valence-electron chi connectivity index (χ2n) is 3.86. The highest BCUT2D eigenvalue weighted by Gasteiger charge is 2.39. The summed E-state index contributed by atoms with van der Waals surface area (Å²) in [4.78, 5) is 23.4. The van der Waals surface area contributed by atoms with Crippen LogP contribution in [0, 0.1) is 0 Å². The Labute approximate surface area is 93.8 Å². The number of nitrogens with zero attached hydrogens (tertiary/aromatic N) is 1. The standard InChI is InChI=1S/C10H17NO5/c1-2-3-4-16-10(15)11-6-7(12)5-8(11)9(13)14/h7-8,12H,2-6H2,1H3,(H,13,14)/t7-,8-/m0/s1. The van der Waals surface area contributed by atoms with E-state index in [2.05, 4.69) is 0 Å². The number of aliphatic hydroxyl groups is 1. The summed E-state index contributed by atoms with van der Waals surface area (Å²) < 4.78 is 4.91. The summed E-state index contributed by atoms with van der Waals surface area (Å²) in [5.41, 5.74) is 0. The summed E-state index contributed by atoms with van der Waals surface area (Å²) in [6, 6.07) is -0.968. The van der Waals surface area contributed by atoms with Gasteiger partial charge in [0.2, 0.25) is 0 Å². The van der Waals surface area contributed by atoms with E-state index in [0.717, 1.165) is 17.7 Å². The Hall–Kier alpha value is -1.30. The van der Waals surface area contributed by atoms with Crippen molar-refractivity contribution in [3.05, 3.63) is 0 Å². The highest BCUT2D eigenvalue weighted by molar-refractivity contribution is 5.80. The van der Waals surface area contributed by atoms with Crippen molar-refractivity contribution in [1.29, 1.82) is 0 Å². The second-order valence-corrected chi connectivity index (χ2v) is 3.86. The number of rotatable bonds is 4. The third-order valence-corrected chi connectivity index (χ3v) is 2.52. The lowest BCUT2D eigenvalue weighted by Gasteiger charge is -2.20. The van der Waals surface area contributed by atoms with E-state index in [9.17, 15) is 14.7 Å². The molecule has 0 aromatic heterocycles. The fourth-order valence-electron chi connectivity index (χ4n) is 1.64. The van der Waals surface area contributed by atoms with Crippen LogP contribution in [0.4, 0.5) is 4.79 Å². The SMILES string of the molecule is CCCCOC(=O)N1C[C@@H](O)C[C@H]1C(=O)O. The van der Waals surface area contributed by atoms with E-state index >= 15 is 0 Å². The number of aliphatic hydroxyl groups excluding tert-OH is 1. The predicted octanol–water partition coefficient (Wildman–Crippen LogP) is 0.443. The highest BCUT2D eigenvalue weighted by atomic mass is 16.6. The third-order valence-electron chi connectivity index (χ3n) is 2.52. The molecule has 1 aliphatic rings. The summed E-state index contributed by atoms with van der Waals surface area (Å²) in [6.45, 7) is 2.28. The molecular weight excluding hydrogens is 214 g/mol. The number of amides is 1. The number of carbonyl (C=O) groups excluding carboxylic acids is 1. The maximum Gasteiger partial charge on any atom is 0.410 e. The molecule has 0 spiro atoms. The summed E-state index contributed by atoms with van der Waals surface area (Å²) >= 11 is 0. The molecule has 0 saturated carbocycles. The molecule has 6 heteroatoms. The highest BCUT2D eigenvalue weighted by Crippen LogP contribution is 2.19. The second kappa shape index (κ2) is 5.69. The minimum Gasteiger partial charge on any atom is -0.480 e. The Morgan fingerprint density at radius 3 is 2.75 bits per heavy atom. The first-order chi connectivity index (χ1) is 7.56. The van der Waals surface area contributed by atoms with Gasteiger partial charge in [-0.05, 0) is 6.42 Å². The van der Waals surface area contributed by atoms with Crippen LogP contribution in [0.2, 0.25) is 0 Å². The van der Waals surface area contributed by atoms with Gasteiger partial charge in [0.15, 0.2) is 0 Å². The fourth-order valence-corrected chi connectivity index (χ4v) is 1.64. The molecule has 0 aromatic rings. The number of unbranched alkanes of at least 4 members (excludes halogenated alkanes) is 1. The number of ether oxygens (including phenoxy) is 1. The number of carbonyl (C=O) groups is 2. The maximum atomic E-state index is 11.5. The largest absolute Gasteiger partial charge is 0.480 e. The smallest absolute Gasteiger partial charge is 0.410 e. The van der Waals surface area contributed by atoms with Crippen LogP contribution in [-0.2, 0) is 9.53 Å². The molecule has 1 heterocycles. The zero-order valence-electron chi connectivity index (χ0n) is 9.26. The molecule has 2 atom stereocenters. The van der Waals surface area contributed by atoms with Gasteiger partial charge in [-0.25, -0.2) is 9.59 Å². The first kappa shape index (κ1) is 12.8. The van der Waals surface area contributed by atoms with E-state index in [1.165, 1.54) is 0 Å². The van der Waals surface area contributed by atoms with Crippen molar-refractivity contribution in [2.24, 2.45) is 0 Å². The average molecular weight is 231 g/mol. The normalized spacial score (nSPS) is 24.5. The van der Waals surface area contributed by atoms with Crippen LogP contribution in [0.5, 0.6) is 0 Å².